The van der Waals surface area contributed by atoms with Crippen molar-refractivity contribution < 1.29 is 9.53 Å². The van der Waals surface area contributed by atoms with Crippen LogP contribution in [0.25, 0.3) is 0 Å². The van der Waals surface area contributed by atoms with E-state index < -0.39 is 5.97 Å². The van der Waals surface area contributed by atoms with Gasteiger partial charge in [0, 0.05) is 25.0 Å². The first kappa shape index (κ1) is 14.9. The second-order valence-corrected chi connectivity index (χ2v) is 4.72. The second-order valence-electron chi connectivity index (χ2n) is 4.72. The van der Waals surface area contributed by atoms with Crippen molar-refractivity contribution in [2.45, 2.75) is 26.4 Å². The standard InChI is InChI=1S/C15H19N3O3/c1-2-6-18-11-12(16)10-13(18)15(20)21-9-8-17-7-4-3-5-14(17)19/h3-5,7,10-11H,2,6,8-9,16H2,1H3. The summed E-state index contributed by atoms with van der Waals surface area (Å²) in [6.07, 6.45) is 4.28. The molecule has 2 aromatic rings. The van der Waals surface area contributed by atoms with Gasteiger partial charge < -0.3 is 19.6 Å². The van der Waals surface area contributed by atoms with Crippen LogP contribution in [0.4, 0.5) is 5.69 Å². The molecule has 0 aliphatic carbocycles. The van der Waals surface area contributed by atoms with Crippen LogP contribution in [0.2, 0.25) is 0 Å². The van der Waals surface area contributed by atoms with E-state index in [-0.39, 0.29) is 12.2 Å². The molecular formula is C15H19N3O3. The highest BCUT2D eigenvalue weighted by molar-refractivity contribution is 5.89. The molecule has 2 N–H and O–H groups in total. The summed E-state index contributed by atoms with van der Waals surface area (Å²) in [5.41, 5.74) is 6.57. The van der Waals surface area contributed by atoms with Gasteiger partial charge in [-0.3, -0.25) is 4.79 Å². The lowest BCUT2D eigenvalue weighted by atomic mass is 10.4. The number of rotatable bonds is 6. The first-order valence-electron chi connectivity index (χ1n) is 6.90. The third kappa shape index (κ3) is 3.75. The predicted molar refractivity (Wildman–Crippen MR) is 80.1 cm³/mol. The van der Waals surface area contributed by atoms with Gasteiger partial charge in [-0.1, -0.05) is 13.0 Å². The monoisotopic (exact) mass is 289 g/mol. The van der Waals surface area contributed by atoms with E-state index in [0.717, 1.165) is 6.42 Å². The summed E-state index contributed by atoms with van der Waals surface area (Å²) in [6, 6.07) is 6.50. The Balaban J connectivity index is 1.96. The van der Waals surface area contributed by atoms with Crippen LogP contribution >= 0.6 is 0 Å². The van der Waals surface area contributed by atoms with Gasteiger partial charge >= 0.3 is 5.97 Å². The van der Waals surface area contributed by atoms with E-state index >= 15 is 0 Å². The minimum Gasteiger partial charge on any atom is -0.459 e. The second kappa shape index (κ2) is 6.78. The largest absolute Gasteiger partial charge is 0.459 e. The van der Waals surface area contributed by atoms with Gasteiger partial charge in [-0.05, 0) is 18.6 Å². The predicted octanol–water partition coefficient (Wildman–Crippen LogP) is 1.50. The number of nitrogen functional groups attached to an aromatic ring is 1. The van der Waals surface area contributed by atoms with E-state index in [1.54, 1.807) is 35.2 Å². The maximum Gasteiger partial charge on any atom is 0.355 e. The smallest absolute Gasteiger partial charge is 0.355 e. The van der Waals surface area contributed by atoms with Crippen LogP contribution in [0.3, 0.4) is 0 Å². The maximum atomic E-state index is 12.0. The van der Waals surface area contributed by atoms with E-state index in [1.807, 2.05) is 6.92 Å². The number of hydrogen-bond donors (Lipinski definition) is 1. The van der Waals surface area contributed by atoms with Gasteiger partial charge in [0.15, 0.2) is 0 Å². The van der Waals surface area contributed by atoms with Crippen molar-refractivity contribution in [2.75, 3.05) is 12.3 Å². The van der Waals surface area contributed by atoms with Crippen molar-refractivity contribution >= 4 is 11.7 Å². The van der Waals surface area contributed by atoms with E-state index in [0.29, 0.717) is 24.5 Å². The Morgan fingerprint density at radius 2 is 2.10 bits per heavy atom. The summed E-state index contributed by atoms with van der Waals surface area (Å²) in [4.78, 5) is 23.6. The molecule has 0 radical (unpaired) electrons. The van der Waals surface area contributed by atoms with Gasteiger partial charge in [-0.2, -0.15) is 0 Å². The lowest BCUT2D eigenvalue weighted by Gasteiger charge is -2.09. The van der Waals surface area contributed by atoms with Crippen LogP contribution in [0.15, 0.2) is 41.5 Å². The Bertz CT molecular complexity index is 673. The molecule has 0 aliphatic heterocycles. The molecule has 2 heterocycles. The van der Waals surface area contributed by atoms with Crippen molar-refractivity contribution in [1.82, 2.24) is 9.13 Å². The molecule has 0 unspecified atom stereocenters. The highest BCUT2D eigenvalue weighted by Crippen LogP contribution is 2.12. The van der Waals surface area contributed by atoms with E-state index in [2.05, 4.69) is 0 Å². The molecule has 0 aliphatic rings. The van der Waals surface area contributed by atoms with Crippen molar-refractivity contribution in [2.24, 2.45) is 0 Å². The number of carbonyl (C=O) groups excluding carboxylic acids is 1. The Morgan fingerprint density at radius 3 is 2.81 bits per heavy atom. The number of carbonyl (C=O) groups is 1. The average Bonchev–Trinajstić information content (AvgIpc) is 2.82. The summed E-state index contributed by atoms with van der Waals surface area (Å²) in [5.74, 6) is -0.427. The van der Waals surface area contributed by atoms with Crippen molar-refractivity contribution in [3.8, 4) is 0 Å². The number of pyridine rings is 1. The normalized spacial score (nSPS) is 10.5. The highest BCUT2D eigenvalue weighted by atomic mass is 16.5. The molecule has 21 heavy (non-hydrogen) atoms. The zero-order valence-corrected chi connectivity index (χ0v) is 12.0. The number of nitrogens with zero attached hydrogens (tertiary/aromatic N) is 2. The fourth-order valence-corrected chi connectivity index (χ4v) is 2.09. The molecule has 0 saturated heterocycles. The zero-order valence-electron chi connectivity index (χ0n) is 12.0. The van der Waals surface area contributed by atoms with Crippen LogP contribution in [-0.4, -0.2) is 21.7 Å². The molecule has 112 valence electrons. The van der Waals surface area contributed by atoms with Crippen LogP contribution in [0.5, 0.6) is 0 Å². The molecule has 0 amide bonds. The Kier molecular flexibility index (Phi) is 4.81. The summed E-state index contributed by atoms with van der Waals surface area (Å²) in [7, 11) is 0. The van der Waals surface area contributed by atoms with E-state index in [9.17, 15) is 9.59 Å². The molecular weight excluding hydrogens is 270 g/mol. The molecule has 2 aromatic heterocycles. The minimum atomic E-state index is -0.427. The molecule has 0 saturated carbocycles. The van der Waals surface area contributed by atoms with Crippen molar-refractivity contribution in [3.63, 3.8) is 0 Å². The van der Waals surface area contributed by atoms with Crippen molar-refractivity contribution in [1.29, 1.82) is 0 Å². The van der Waals surface area contributed by atoms with Crippen molar-refractivity contribution in [3.05, 3.63) is 52.7 Å². The molecule has 6 nitrogen and oxygen atoms in total. The number of ether oxygens (including phenoxy) is 1. The van der Waals surface area contributed by atoms with E-state index in [4.69, 9.17) is 10.5 Å². The third-order valence-corrected chi connectivity index (χ3v) is 3.06. The number of nitrogens with two attached hydrogens (primary N) is 1. The number of esters is 1. The Hall–Kier alpha value is -2.50. The molecule has 6 heteroatoms. The molecule has 0 spiro atoms. The number of aryl methyl sites for hydroxylation is 1. The first-order chi connectivity index (χ1) is 10.1. The van der Waals surface area contributed by atoms with Gasteiger partial charge in [0.25, 0.3) is 5.56 Å². The van der Waals surface area contributed by atoms with Gasteiger partial charge in [0.1, 0.15) is 12.3 Å². The topological polar surface area (TPSA) is 79.2 Å². The van der Waals surface area contributed by atoms with Gasteiger partial charge in [-0.15, -0.1) is 0 Å². The summed E-state index contributed by atoms with van der Waals surface area (Å²) in [6.45, 7) is 3.20. The lowest BCUT2D eigenvalue weighted by molar-refractivity contribution is 0.0477. The molecule has 0 bridgehead atoms. The Labute approximate surface area is 122 Å². The molecule has 0 atom stereocenters. The number of aromatic nitrogens is 2. The minimum absolute atomic E-state index is 0.118. The highest BCUT2D eigenvalue weighted by Gasteiger charge is 2.13. The maximum absolute atomic E-state index is 12.0. The quantitative estimate of drug-likeness (QED) is 0.817. The van der Waals surface area contributed by atoms with Gasteiger partial charge in [-0.25, -0.2) is 4.79 Å². The van der Waals surface area contributed by atoms with Crippen LogP contribution < -0.4 is 11.3 Å². The SMILES string of the molecule is CCCn1cc(N)cc1C(=O)OCCn1ccccc1=O. The lowest BCUT2D eigenvalue weighted by Crippen LogP contribution is -2.22. The zero-order chi connectivity index (χ0) is 15.2. The fraction of sp³-hybridized carbons (Fsp3) is 0.333. The average molecular weight is 289 g/mol. The van der Waals surface area contributed by atoms with Crippen LogP contribution in [-0.2, 0) is 17.8 Å². The summed E-state index contributed by atoms with van der Waals surface area (Å²) >= 11 is 0. The third-order valence-electron chi connectivity index (χ3n) is 3.06. The van der Waals surface area contributed by atoms with Gasteiger partial charge in [0.2, 0.25) is 0 Å². The summed E-state index contributed by atoms with van der Waals surface area (Å²) < 4.78 is 8.49. The Morgan fingerprint density at radius 1 is 1.29 bits per heavy atom. The molecule has 0 aromatic carbocycles. The van der Waals surface area contributed by atoms with E-state index in [1.165, 1.54) is 10.6 Å². The summed E-state index contributed by atoms with van der Waals surface area (Å²) in [5, 5.41) is 0. The molecule has 0 fully saturated rings. The molecule has 2 rings (SSSR count). The number of hydrogen-bond acceptors (Lipinski definition) is 4. The van der Waals surface area contributed by atoms with Gasteiger partial charge in [0.05, 0.1) is 12.2 Å². The van der Waals surface area contributed by atoms with Crippen LogP contribution in [0, 0.1) is 0 Å². The number of anilines is 1. The van der Waals surface area contributed by atoms with Crippen LogP contribution in [0.1, 0.15) is 23.8 Å². The fourth-order valence-electron chi connectivity index (χ4n) is 2.09. The first-order valence-corrected chi connectivity index (χ1v) is 6.90.